The minimum absolute atomic E-state index is 0.0320. The van der Waals surface area contributed by atoms with E-state index in [1.54, 1.807) is 24.3 Å². The molecule has 7 nitrogen and oxygen atoms in total. The molecule has 0 radical (unpaired) electrons. The number of aromatic hydroxyl groups is 1. The summed E-state index contributed by atoms with van der Waals surface area (Å²) in [7, 11) is 0. The zero-order valence-corrected chi connectivity index (χ0v) is 22.1. The molecule has 0 fully saturated rings. The van der Waals surface area contributed by atoms with Gasteiger partial charge in [0.25, 0.3) is 11.7 Å². The van der Waals surface area contributed by atoms with Gasteiger partial charge in [-0.1, -0.05) is 45.7 Å². The molecular weight excluding hydrogens is 606 g/mol. The highest BCUT2D eigenvalue weighted by atomic mass is 79.9. The number of aromatic nitrogens is 3. The molecule has 1 aromatic heterocycles. The first kappa shape index (κ1) is 24.5. The number of hydrogen-bond donors (Lipinski definition) is 3. The Morgan fingerprint density at radius 2 is 1.91 bits per heavy atom. The second kappa shape index (κ2) is 11.2. The Balaban J connectivity index is 1.50. The summed E-state index contributed by atoms with van der Waals surface area (Å²) in [6.45, 7) is 0. The lowest BCUT2D eigenvalue weighted by Gasteiger charge is -2.05. The summed E-state index contributed by atoms with van der Waals surface area (Å²) < 4.78 is 3.22. The van der Waals surface area contributed by atoms with Crippen molar-refractivity contribution in [2.45, 2.75) is 5.16 Å². The van der Waals surface area contributed by atoms with Crippen molar-refractivity contribution in [2.75, 3.05) is 5.75 Å². The van der Waals surface area contributed by atoms with E-state index in [1.807, 2.05) is 47.0 Å². The summed E-state index contributed by atoms with van der Waals surface area (Å²) in [5.41, 5.74) is 4.73. The Bertz CT molecular complexity index is 1350. The fourth-order valence-corrected chi connectivity index (χ4v) is 5.18. The molecule has 0 unspecified atom stereocenters. The van der Waals surface area contributed by atoms with Crippen LogP contribution in [0.1, 0.15) is 5.56 Å². The molecule has 0 atom stereocenters. The van der Waals surface area contributed by atoms with Gasteiger partial charge in [-0.2, -0.15) is 9.67 Å². The van der Waals surface area contributed by atoms with Gasteiger partial charge in [0.05, 0.1) is 27.1 Å². The van der Waals surface area contributed by atoms with Crippen LogP contribution in [0.2, 0.25) is 5.02 Å². The highest BCUT2D eigenvalue weighted by molar-refractivity contribution is 9.11. The number of phenolic OH excluding ortho intramolecular Hbond substituents is 1. The fourth-order valence-electron chi connectivity index (χ4n) is 3.03. The number of nitrogens with one attached hydrogen (secondary N) is 2. The molecule has 0 aliphatic carbocycles. The molecule has 1 heterocycles. The molecular formula is C23H17Br2ClN5O2S+. The number of hydrazone groups is 1. The molecule has 0 spiro atoms. The quantitative estimate of drug-likeness (QED) is 0.110. The maximum absolute atomic E-state index is 12.4. The molecule has 0 saturated carbocycles. The van der Waals surface area contributed by atoms with Crippen LogP contribution in [0.4, 0.5) is 0 Å². The van der Waals surface area contributed by atoms with Gasteiger partial charge in [-0.3, -0.25) is 4.79 Å². The van der Waals surface area contributed by atoms with Crippen molar-refractivity contribution in [3.63, 3.8) is 0 Å². The van der Waals surface area contributed by atoms with Gasteiger partial charge in [-0.15, -0.1) is 5.10 Å². The van der Waals surface area contributed by atoms with Crippen molar-refractivity contribution in [2.24, 2.45) is 5.10 Å². The van der Waals surface area contributed by atoms with Crippen molar-refractivity contribution in [1.82, 2.24) is 15.6 Å². The third-order valence-corrected chi connectivity index (χ3v) is 6.84. The maximum Gasteiger partial charge on any atom is 0.342 e. The molecule has 4 aromatic rings. The first-order valence-electron chi connectivity index (χ1n) is 9.87. The highest BCUT2D eigenvalue weighted by Gasteiger charge is 2.24. The average Bonchev–Trinajstić information content (AvgIpc) is 3.26. The van der Waals surface area contributed by atoms with Gasteiger partial charge in [-0.05, 0) is 76.2 Å². The maximum atomic E-state index is 12.4. The van der Waals surface area contributed by atoms with Crippen LogP contribution in [0.3, 0.4) is 0 Å². The van der Waals surface area contributed by atoms with Gasteiger partial charge in [0.15, 0.2) is 0 Å². The van der Waals surface area contributed by atoms with Crippen molar-refractivity contribution in [3.05, 3.63) is 86.3 Å². The monoisotopic (exact) mass is 620 g/mol. The number of aromatic amines is 1. The highest BCUT2D eigenvalue weighted by Crippen LogP contribution is 2.30. The predicted octanol–water partition coefficient (Wildman–Crippen LogP) is 5.48. The number of carbonyl (C=O) groups is 1. The average molecular weight is 623 g/mol. The first-order valence-corrected chi connectivity index (χ1v) is 12.8. The Hall–Kier alpha value is -2.66. The van der Waals surface area contributed by atoms with E-state index in [9.17, 15) is 9.90 Å². The molecule has 0 aliphatic rings. The summed E-state index contributed by atoms with van der Waals surface area (Å²) in [6, 6.07) is 20.6. The third kappa shape index (κ3) is 5.87. The zero-order valence-electron chi connectivity index (χ0n) is 17.4. The smallest absolute Gasteiger partial charge is 0.342 e. The minimum Gasteiger partial charge on any atom is -0.506 e. The second-order valence-corrected chi connectivity index (χ2v) is 10.1. The van der Waals surface area contributed by atoms with Gasteiger partial charge in [0.2, 0.25) is 0 Å². The normalized spacial score (nSPS) is 11.1. The van der Waals surface area contributed by atoms with E-state index >= 15 is 0 Å². The number of H-pyrrole nitrogens is 1. The van der Waals surface area contributed by atoms with E-state index in [2.05, 4.69) is 52.6 Å². The summed E-state index contributed by atoms with van der Waals surface area (Å²) in [5, 5.41) is 22.8. The molecule has 3 N–H and O–H groups in total. The summed E-state index contributed by atoms with van der Waals surface area (Å²) in [5.74, 6) is 0.573. The van der Waals surface area contributed by atoms with Crippen LogP contribution in [0, 0.1) is 0 Å². The SMILES string of the molecule is O=C(CSc1n[nH]c(-c2ccccc2)[n+]1-c1ccc(Cl)cc1)N/N=C/c1cc(Br)cc(Br)c1O. The lowest BCUT2D eigenvalue weighted by Crippen LogP contribution is -2.34. The van der Waals surface area contributed by atoms with Gasteiger partial charge < -0.3 is 5.11 Å². The van der Waals surface area contributed by atoms with Crippen molar-refractivity contribution >= 4 is 67.3 Å². The lowest BCUT2D eigenvalue weighted by atomic mass is 10.2. The van der Waals surface area contributed by atoms with Crippen LogP contribution < -0.4 is 9.99 Å². The summed E-state index contributed by atoms with van der Waals surface area (Å²) in [6.07, 6.45) is 1.38. The zero-order chi connectivity index (χ0) is 24.1. The van der Waals surface area contributed by atoms with Crippen LogP contribution in [-0.4, -0.2) is 33.2 Å². The second-order valence-electron chi connectivity index (χ2n) is 6.94. The molecule has 34 heavy (non-hydrogen) atoms. The summed E-state index contributed by atoms with van der Waals surface area (Å²) >= 11 is 13.9. The van der Waals surface area contributed by atoms with Crippen LogP contribution in [0.5, 0.6) is 5.75 Å². The van der Waals surface area contributed by atoms with Crippen molar-refractivity contribution in [1.29, 1.82) is 0 Å². The molecule has 0 bridgehead atoms. The number of carbonyl (C=O) groups excluding carboxylic acids is 1. The predicted molar refractivity (Wildman–Crippen MR) is 141 cm³/mol. The van der Waals surface area contributed by atoms with Gasteiger partial charge in [0, 0.05) is 15.1 Å². The molecule has 11 heteroatoms. The number of phenols is 1. The first-order chi connectivity index (χ1) is 16.4. The Labute approximate surface area is 221 Å². The number of rotatable bonds is 7. The van der Waals surface area contributed by atoms with E-state index in [-0.39, 0.29) is 17.4 Å². The fraction of sp³-hybridized carbons (Fsp3) is 0.0435. The van der Waals surface area contributed by atoms with E-state index < -0.39 is 0 Å². The van der Waals surface area contributed by atoms with Crippen LogP contribution in [0.15, 0.2) is 85.9 Å². The number of thioether (sulfide) groups is 1. The van der Waals surface area contributed by atoms with Crippen LogP contribution in [-0.2, 0) is 4.79 Å². The largest absolute Gasteiger partial charge is 0.506 e. The minimum atomic E-state index is -0.318. The molecule has 0 saturated heterocycles. The third-order valence-electron chi connectivity index (χ3n) is 4.59. The van der Waals surface area contributed by atoms with E-state index in [0.29, 0.717) is 20.2 Å². The lowest BCUT2D eigenvalue weighted by molar-refractivity contribution is -0.625. The molecule has 1 amide bonds. The van der Waals surface area contributed by atoms with Gasteiger partial charge >= 0.3 is 5.16 Å². The Morgan fingerprint density at radius 3 is 2.65 bits per heavy atom. The van der Waals surface area contributed by atoms with Crippen molar-refractivity contribution in [3.8, 4) is 22.8 Å². The molecule has 3 aromatic carbocycles. The van der Waals surface area contributed by atoms with Crippen molar-refractivity contribution < 1.29 is 14.5 Å². The number of hydrogen-bond acceptors (Lipinski definition) is 5. The van der Waals surface area contributed by atoms with E-state index in [1.165, 1.54) is 18.0 Å². The number of halogens is 3. The van der Waals surface area contributed by atoms with Crippen LogP contribution >= 0.6 is 55.2 Å². The number of nitrogens with zero attached hydrogens (tertiary/aromatic N) is 3. The Morgan fingerprint density at radius 1 is 1.18 bits per heavy atom. The van der Waals surface area contributed by atoms with E-state index in [4.69, 9.17) is 11.6 Å². The molecule has 0 aliphatic heterocycles. The van der Waals surface area contributed by atoms with Crippen LogP contribution in [0.25, 0.3) is 17.1 Å². The molecule has 172 valence electrons. The standard InChI is InChI=1S/C23H16Br2ClN5O2S/c24-16-10-15(21(33)19(25)11-16)12-27-28-20(32)13-34-23-30-29-22(14-4-2-1-3-5-14)31(23)18-8-6-17(26)7-9-18/h1-12H,13H2,(H2,27,28,32,33)/p+1. The number of benzene rings is 3. The Kier molecular flexibility index (Phi) is 8.04. The summed E-state index contributed by atoms with van der Waals surface area (Å²) in [4.78, 5) is 12.4. The molecule has 4 rings (SSSR count). The van der Waals surface area contributed by atoms with Gasteiger partial charge in [-0.25, -0.2) is 5.43 Å². The van der Waals surface area contributed by atoms with Gasteiger partial charge in [0.1, 0.15) is 11.4 Å². The number of amides is 1. The van der Waals surface area contributed by atoms with E-state index in [0.717, 1.165) is 21.5 Å². The topological polar surface area (TPSA) is 94.3 Å².